The number of anilines is 1. The number of ether oxygens (including phenoxy) is 2. The van der Waals surface area contributed by atoms with Gasteiger partial charge in [0.25, 0.3) is 0 Å². The van der Waals surface area contributed by atoms with E-state index in [1.807, 2.05) is 60.7 Å². The molecule has 0 radical (unpaired) electrons. The van der Waals surface area contributed by atoms with Gasteiger partial charge in [0.2, 0.25) is 5.95 Å². The Morgan fingerprint density at radius 3 is 2.58 bits per heavy atom. The SMILES string of the molecule is CCOC(=O)[C@H]1CN(c2nccc(C(F)(F)F)n2)C[C@H]1Cc1ccc(OCc2cc(-c3ccccc3)no2)cc1. The number of alkyl halides is 3. The fourth-order valence-corrected chi connectivity index (χ4v) is 4.72. The molecule has 208 valence electrons. The summed E-state index contributed by atoms with van der Waals surface area (Å²) in [6.45, 7) is 2.63. The summed E-state index contributed by atoms with van der Waals surface area (Å²) in [5.41, 5.74) is 1.61. The van der Waals surface area contributed by atoms with E-state index in [0.717, 1.165) is 29.1 Å². The van der Waals surface area contributed by atoms with Crippen LogP contribution < -0.4 is 9.64 Å². The Bertz CT molecular complexity index is 1430. The highest BCUT2D eigenvalue weighted by Gasteiger charge is 2.40. The second kappa shape index (κ2) is 11.8. The first-order valence-corrected chi connectivity index (χ1v) is 12.8. The lowest BCUT2D eigenvalue weighted by Crippen LogP contribution is -2.27. The fraction of sp³-hybridized carbons (Fsp3) is 0.310. The second-order valence-electron chi connectivity index (χ2n) is 9.44. The molecule has 0 saturated carbocycles. The largest absolute Gasteiger partial charge is 0.486 e. The Morgan fingerprint density at radius 2 is 1.85 bits per heavy atom. The van der Waals surface area contributed by atoms with E-state index in [1.54, 1.807) is 11.8 Å². The van der Waals surface area contributed by atoms with Gasteiger partial charge in [-0.05, 0) is 43.0 Å². The fourth-order valence-electron chi connectivity index (χ4n) is 4.72. The molecule has 0 aliphatic carbocycles. The van der Waals surface area contributed by atoms with Crippen molar-refractivity contribution in [1.82, 2.24) is 15.1 Å². The molecule has 1 aliphatic heterocycles. The Labute approximate surface area is 228 Å². The average Bonchev–Trinajstić information content (AvgIpc) is 3.61. The molecule has 2 aromatic heterocycles. The van der Waals surface area contributed by atoms with Crippen molar-refractivity contribution in [3.63, 3.8) is 0 Å². The zero-order chi connectivity index (χ0) is 28.1. The van der Waals surface area contributed by atoms with Crippen molar-refractivity contribution in [2.24, 2.45) is 11.8 Å². The summed E-state index contributed by atoms with van der Waals surface area (Å²) >= 11 is 0. The van der Waals surface area contributed by atoms with Crippen molar-refractivity contribution in [2.75, 3.05) is 24.6 Å². The zero-order valence-electron chi connectivity index (χ0n) is 21.7. The van der Waals surface area contributed by atoms with E-state index in [-0.39, 0.29) is 37.6 Å². The van der Waals surface area contributed by atoms with Crippen LogP contribution in [0.3, 0.4) is 0 Å². The van der Waals surface area contributed by atoms with Gasteiger partial charge in [-0.25, -0.2) is 9.97 Å². The molecular weight excluding hydrogens is 525 g/mol. The van der Waals surface area contributed by atoms with E-state index in [2.05, 4.69) is 15.1 Å². The third-order valence-corrected chi connectivity index (χ3v) is 6.68. The first-order valence-electron chi connectivity index (χ1n) is 12.8. The molecule has 40 heavy (non-hydrogen) atoms. The number of carbonyl (C=O) groups excluding carboxylic acids is 1. The Kier molecular flexibility index (Phi) is 7.99. The molecule has 1 saturated heterocycles. The molecule has 0 amide bonds. The molecule has 1 fully saturated rings. The van der Waals surface area contributed by atoms with Gasteiger partial charge in [-0.1, -0.05) is 47.6 Å². The first kappa shape index (κ1) is 27.2. The highest BCUT2D eigenvalue weighted by atomic mass is 19.4. The molecule has 0 spiro atoms. The lowest BCUT2D eigenvalue weighted by molar-refractivity contribution is -0.148. The topological polar surface area (TPSA) is 90.6 Å². The lowest BCUT2D eigenvalue weighted by Gasteiger charge is -2.17. The van der Waals surface area contributed by atoms with Crippen LogP contribution in [0.25, 0.3) is 11.3 Å². The van der Waals surface area contributed by atoms with Gasteiger partial charge in [-0.15, -0.1) is 0 Å². The van der Waals surface area contributed by atoms with Gasteiger partial charge in [0.15, 0.2) is 5.76 Å². The molecular formula is C29H27F3N4O4. The second-order valence-corrected chi connectivity index (χ2v) is 9.44. The maximum Gasteiger partial charge on any atom is 0.433 e. The summed E-state index contributed by atoms with van der Waals surface area (Å²) in [5, 5.41) is 4.09. The van der Waals surface area contributed by atoms with Gasteiger partial charge in [-0.2, -0.15) is 13.2 Å². The molecule has 4 aromatic rings. The number of hydrogen-bond acceptors (Lipinski definition) is 8. The molecule has 2 aromatic carbocycles. The minimum Gasteiger partial charge on any atom is -0.486 e. The third-order valence-electron chi connectivity index (χ3n) is 6.68. The van der Waals surface area contributed by atoms with Gasteiger partial charge in [0.05, 0.1) is 12.5 Å². The number of hydrogen-bond donors (Lipinski definition) is 0. The van der Waals surface area contributed by atoms with Crippen molar-refractivity contribution in [3.8, 4) is 17.0 Å². The third kappa shape index (κ3) is 6.41. The first-order chi connectivity index (χ1) is 19.3. The number of rotatable bonds is 9. The van der Waals surface area contributed by atoms with Crippen molar-refractivity contribution in [3.05, 3.63) is 89.9 Å². The minimum absolute atomic E-state index is 0.0572. The van der Waals surface area contributed by atoms with Crippen molar-refractivity contribution in [1.29, 1.82) is 0 Å². The number of aromatic nitrogens is 3. The predicted octanol–water partition coefficient (Wildman–Crippen LogP) is 5.59. The van der Waals surface area contributed by atoms with Crippen LogP contribution >= 0.6 is 0 Å². The van der Waals surface area contributed by atoms with Gasteiger partial charge >= 0.3 is 12.1 Å². The normalized spacial score (nSPS) is 17.1. The van der Waals surface area contributed by atoms with E-state index < -0.39 is 17.8 Å². The summed E-state index contributed by atoms with van der Waals surface area (Å²) < 4.78 is 56.0. The minimum atomic E-state index is -4.58. The summed E-state index contributed by atoms with van der Waals surface area (Å²) in [6, 6.07) is 19.8. The zero-order valence-corrected chi connectivity index (χ0v) is 21.7. The van der Waals surface area contributed by atoms with Crippen LogP contribution in [-0.2, 0) is 28.7 Å². The van der Waals surface area contributed by atoms with Crippen molar-refractivity contribution >= 4 is 11.9 Å². The summed E-state index contributed by atoms with van der Waals surface area (Å²) in [5.74, 6) is 0.0488. The highest BCUT2D eigenvalue weighted by Crippen LogP contribution is 2.33. The number of halogens is 3. The molecule has 11 heteroatoms. The smallest absolute Gasteiger partial charge is 0.433 e. The number of esters is 1. The molecule has 0 N–H and O–H groups in total. The Morgan fingerprint density at radius 1 is 1.07 bits per heavy atom. The number of benzene rings is 2. The highest BCUT2D eigenvalue weighted by molar-refractivity contribution is 5.74. The van der Waals surface area contributed by atoms with Crippen LogP contribution in [0.4, 0.5) is 19.1 Å². The van der Waals surface area contributed by atoms with Gasteiger partial charge < -0.3 is 18.9 Å². The monoisotopic (exact) mass is 552 g/mol. The summed E-state index contributed by atoms with van der Waals surface area (Å²) in [7, 11) is 0. The van der Waals surface area contributed by atoms with Gasteiger partial charge in [0, 0.05) is 30.9 Å². The van der Waals surface area contributed by atoms with E-state index in [1.165, 1.54) is 0 Å². The van der Waals surface area contributed by atoms with Gasteiger partial charge in [-0.3, -0.25) is 4.79 Å². The van der Waals surface area contributed by atoms with Crippen molar-refractivity contribution in [2.45, 2.75) is 26.1 Å². The molecule has 0 bridgehead atoms. The maximum atomic E-state index is 13.2. The van der Waals surface area contributed by atoms with Crippen LogP contribution in [0.5, 0.6) is 5.75 Å². The van der Waals surface area contributed by atoms with E-state index in [0.29, 0.717) is 24.5 Å². The van der Waals surface area contributed by atoms with Gasteiger partial charge in [0.1, 0.15) is 23.7 Å². The summed E-state index contributed by atoms with van der Waals surface area (Å²) in [4.78, 5) is 22.0. The van der Waals surface area contributed by atoms with E-state index in [4.69, 9.17) is 14.0 Å². The predicted molar refractivity (Wildman–Crippen MR) is 139 cm³/mol. The quantitative estimate of drug-likeness (QED) is 0.248. The lowest BCUT2D eigenvalue weighted by atomic mass is 9.90. The summed E-state index contributed by atoms with van der Waals surface area (Å²) in [6.07, 6.45) is -2.99. The van der Waals surface area contributed by atoms with Crippen LogP contribution in [0, 0.1) is 11.8 Å². The van der Waals surface area contributed by atoms with Crippen LogP contribution in [-0.4, -0.2) is 40.8 Å². The van der Waals surface area contributed by atoms with Crippen LogP contribution in [0.1, 0.15) is 23.9 Å². The molecule has 5 rings (SSSR count). The number of carbonyl (C=O) groups is 1. The standard InChI is InChI=1S/C29H27F3N4O4/c1-2-38-27(37)24-17-36(28-33-13-12-26(34-28)29(30,31)32)16-21(24)14-19-8-10-22(11-9-19)39-18-23-15-25(35-40-23)20-6-4-3-5-7-20/h3-13,15,21,24H,2,14,16-18H2,1H3/t21-,24+/m1/s1. The van der Waals surface area contributed by atoms with Crippen LogP contribution in [0.15, 0.2) is 77.4 Å². The molecule has 0 unspecified atom stereocenters. The number of nitrogens with zero attached hydrogens (tertiary/aromatic N) is 4. The maximum absolute atomic E-state index is 13.2. The van der Waals surface area contributed by atoms with E-state index in [9.17, 15) is 18.0 Å². The average molecular weight is 553 g/mol. The molecule has 3 heterocycles. The van der Waals surface area contributed by atoms with Crippen LogP contribution in [0.2, 0.25) is 0 Å². The van der Waals surface area contributed by atoms with E-state index >= 15 is 0 Å². The Hall–Kier alpha value is -4.41. The molecule has 2 atom stereocenters. The molecule has 8 nitrogen and oxygen atoms in total. The molecule has 1 aliphatic rings. The Balaban J connectivity index is 1.23. The van der Waals surface area contributed by atoms with Crippen molar-refractivity contribution < 1.29 is 32.0 Å².